The van der Waals surface area contributed by atoms with Gasteiger partial charge < -0.3 is 15.0 Å². The van der Waals surface area contributed by atoms with Gasteiger partial charge in [0.25, 0.3) is 0 Å². The Bertz CT molecular complexity index is 738. The molecule has 2 saturated carbocycles. The lowest BCUT2D eigenvalue weighted by Crippen LogP contribution is -2.48. The molecule has 1 amide bonds. The van der Waals surface area contributed by atoms with Crippen LogP contribution in [0.2, 0.25) is 0 Å². The van der Waals surface area contributed by atoms with Gasteiger partial charge in [-0.15, -0.1) is 0 Å². The minimum atomic E-state index is -0.119. The number of nitrogens with one attached hydrogen (secondary N) is 1. The fourth-order valence-electron chi connectivity index (χ4n) is 6.40. The molecule has 0 radical (unpaired) electrons. The molecule has 3 fully saturated rings. The Morgan fingerprint density at radius 3 is 3.21 bits per heavy atom. The fourth-order valence-corrected chi connectivity index (χ4v) is 6.40. The third-order valence-corrected chi connectivity index (χ3v) is 7.90. The quantitative estimate of drug-likeness (QED) is 0.872. The van der Waals surface area contributed by atoms with Crippen molar-refractivity contribution in [3.63, 3.8) is 0 Å². The van der Waals surface area contributed by atoms with Crippen molar-refractivity contribution in [2.24, 2.45) is 17.3 Å². The molecular formula is C23H33N3O2. The van der Waals surface area contributed by atoms with Crippen LogP contribution in [0, 0.1) is 17.3 Å². The van der Waals surface area contributed by atoms with Gasteiger partial charge in [0.2, 0.25) is 5.91 Å². The normalized spacial score (nSPS) is 37.5. The van der Waals surface area contributed by atoms with Crippen LogP contribution < -0.4 is 5.32 Å². The zero-order valence-corrected chi connectivity index (χ0v) is 17.0. The number of hydrogen-bond acceptors (Lipinski definition) is 4. The van der Waals surface area contributed by atoms with E-state index in [0.29, 0.717) is 29.8 Å². The monoisotopic (exact) mass is 383 g/mol. The van der Waals surface area contributed by atoms with E-state index in [1.54, 1.807) is 0 Å². The van der Waals surface area contributed by atoms with Crippen molar-refractivity contribution >= 4 is 5.91 Å². The van der Waals surface area contributed by atoms with Crippen LogP contribution in [0.5, 0.6) is 0 Å². The molecule has 5 heteroatoms. The molecule has 5 rings (SSSR count). The summed E-state index contributed by atoms with van der Waals surface area (Å²) in [5, 5.41) is 3.93. The van der Waals surface area contributed by atoms with Crippen LogP contribution in [0.4, 0.5) is 0 Å². The maximum atomic E-state index is 13.8. The van der Waals surface area contributed by atoms with Crippen molar-refractivity contribution in [3.8, 4) is 0 Å². The highest BCUT2D eigenvalue weighted by atomic mass is 16.5. The molecule has 0 aromatic carbocycles. The topological polar surface area (TPSA) is 54.5 Å². The molecule has 0 bridgehead atoms. The number of carbonyl (C=O) groups excluding carboxylic acids is 1. The van der Waals surface area contributed by atoms with Crippen LogP contribution in [0.1, 0.15) is 56.7 Å². The molecule has 1 saturated heterocycles. The van der Waals surface area contributed by atoms with Crippen molar-refractivity contribution < 1.29 is 9.53 Å². The molecule has 0 unspecified atom stereocenters. The Labute approximate surface area is 168 Å². The van der Waals surface area contributed by atoms with E-state index in [0.717, 1.165) is 52.0 Å². The van der Waals surface area contributed by atoms with Crippen LogP contribution in [-0.4, -0.2) is 47.6 Å². The van der Waals surface area contributed by atoms with Gasteiger partial charge in [0.15, 0.2) is 0 Å². The van der Waals surface area contributed by atoms with Crippen molar-refractivity contribution in [3.05, 3.63) is 29.6 Å². The average Bonchev–Trinajstić information content (AvgIpc) is 3.26. The summed E-state index contributed by atoms with van der Waals surface area (Å²) in [6, 6.07) is 5.15. The lowest BCUT2D eigenvalue weighted by Gasteiger charge is -2.37. The lowest BCUT2D eigenvalue weighted by atomic mass is 9.78. The van der Waals surface area contributed by atoms with Gasteiger partial charge in [0, 0.05) is 50.1 Å². The van der Waals surface area contributed by atoms with Crippen molar-refractivity contribution in [1.82, 2.24) is 15.2 Å². The summed E-state index contributed by atoms with van der Waals surface area (Å²) in [4.78, 5) is 20.4. The van der Waals surface area contributed by atoms with E-state index in [-0.39, 0.29) is 5.41 Å². The smallest absolute Gasteiger partial charge is 0.229 e. The predicted molar refractivity (Wildman–Crippen MR) is 108 cm³/mol. The summed E-state index contributed by atoms with van der Waals surface area (Å²) in [7, 11) is 0. The van der Waals surface area contributed by atoms with Crippen LogP contribution in [0.25, 0.3) is 0 Å². The van der Waals surface area contributed by atoms with Gasteiger partial charge in [-0.3, -0.25) is 9.78 Å². The SMILES string of the molecule is C[C@@H]1COCC[C@H]1N[C@@H]1C[C@H]2CCC[C@@]2(C(=O)N2CCc3ncccc3C2)C1. The average molecular weight is 384 g/mol. The number of hydrogen-bond donors (Lipinski definition) is 1. The molecule has 1 aromatic heterocycles. The molecular weight excluding hydrogens is 350 g/mol. The van der Waals surface area contributed by atoms with Crippen molar-refractivity contribution in [1.29, 1.82) is 0 Å². The number of ether oxygens (including phenoxy) is 1. The van der Waals surface area contributed by atoms with Crippen LogP contribution >= 0.6 is 0 Å². The number of aromatic nitrogens is 1. The Morgan fingerprint density at radius 1 is 1.39 bits per heavy atom. The molecule has 2 aliphatic heterocycles. The number of rotatable bonds is 3. The fraction of sp³-hybridized carbons (Fsp3) is 0.739. The van der Waals surface area contributed by atoms with Crippen LogP contribution in [0.3, 0.4) is 0 Å². The van der Waals surface area contributed by atoms with Crippen LogP contribution in [-0.2, 0) is 22.5 Å². The summed E-state index contributed by atoms with van der Waals surface area (Å²) in [6.45, 7) is 5.58. The highest BCUT2D eigenvalue weighted by molar-refractivity contribution is 5.84. The van der Waals surface area contributed by atoms with Crippen LogP contribution in [0.15, 0.2) is 18.3 Å². The van der Waals surface area contributed by atoms with Gasteiger partial charge in [0.1, 0.15) is 0 Å². The molecule has 1 aromatic rings. The summed E-state index contributed by atoms with van der Waals surface area (Å²) in [5.41, 5.74) is 2.29. The van der Waals surface area contributed by atoms with E-state index in [9.17, 15) is 4.79 Å². The molecule has 3 heterocycles. The van der Waals surface area contributed by atoms with Gasteiger partial charge >= 0.3 is 0 Å². The van der Waals surface area contributed by atoms with E-state index in [1.165, 1.54) is 30.5 Å². The Balaban J connectivity index is 1.30. The number of fused-ring (bicyclic) bond motifs is 2. The standard InChI is InChI=1S/C23H33N3O2/c1-16-15-28-11-7-20(16)25-19-12-18-5-2-8-23(18,13-19)22(27)26-10-6-21-17(14-26)4-3-9-24-21/h3-4,9,16,18-20,25H,2,5-8,10-15H2,1H3/t16-,18-,19-,20-,23-/m1/s1. The van der Waals surface area contributed by atoms with E-state index in [1.807, 2.05) is 12.3 Å². The van der Waals surface area contributed by atoms with E-state index >= 15 is 0 Å². The summed E-state index contributed by atoms with van der Waals surface area (Å²) in [5.74, 6) is 1.55. The van der Waals surface area contributed by atoms with E-state index in [2.05, 4.69) is 28.2 Å². The van der Waals surface area contributed by atoms with Crippen molar-refractivity contribution in [2.75, 3.05) is 19.8 Å². The third kappa shape index (κ3) is 3.17. The maximum Gasteiger partial charge on any atom is 0.229 e. The zero-order chi connectivity index (χ0) is 19.1. The first-order valence-electron chi connectivity index (χ1n) is 11.2. The molecule has 28 heavy (non-hydrogen) atoms. The molecule has 5 nitrogen and oxygen atoms in total. The predicted octanol–water partition coefficient (Wildman–Crippen LogP) is 2.93. The highest BCUT2D eigenvalue weighted by Gasteiger charge is 2.56. The zero-order valence-electron chi connectivity index (χ0n) is 17.0. The molecule has 5 atom stereocenters. The van der Waals surface area contributed by atoms with Gasteiger partial charge in [-0.1, -0.05) is 19.4 Å². The van der Waals surface area contributed by atoms with Gasteiger partial charge in [-0.05, 0) is 55.6 Å². The van der Waals surface area contributed by atoms with Gasteiger partial charge in [-0.2, -0.15) is 0 Å². The van der Waals surface area contributed by atoms with E-state index in [4.69, 9.17) is 4.74 Å². The second-order valence-electron chi connectivity index (χ2n) is 9.58. The molecule has 1 N–H and O–H groups in total. The number of amides is 1. The first kappa shape index (κ1) is 18.6. The number of carbonyl (C=O) groups is 1. The maximum absolute atomic E-state index is 13.8. The second-order valence-corrected chi connectivity index (χ2v) is 9.58. The Kier molecular flexibility index (Phi) is 4.92. The van der Waals surface area contributed by atoms with Crippen molar-refractivity contribution in [2.45, 2.75) is 70.5 Å². The minimum absolute atomic E-state index is 0.119. The largest absolute Gasteiger partial charge is 0.381 e. The first-order valence-corrected chi connectivity index (χ1v) is 11.2. The lowest BCUT2D eigenvalue weighted by molar-refractivity contribution is -0.144. The summed E-state index contributed by atoms with van der Waals surface area (Å²) >= 11 is 0. The minimum Gasteiger partial charge on any atom is -0.381 e. The molecule has 0 spiro atoms. The van der Waals surface area contributed by atoms with E-state index < -0.39 is 0 Å². The van der Waals surface area contributed by atoms with Gasteiger partial charge in [-0.25, -0.2) is 0 Å². The second kappa shape index (κ2) is 7.42. The molecule has 4 aliphatic rings. The first-order chi connectivity index (χ1) is 13.7. The highest BCUT2D eigenvalue weighted by Crippen LogP contribution is 2.55. The Morgan fingerprint density at radius 2 is 2.32 bits per heavy atom. The van der Waals surface area contributed by atoms with Gasteiger partial charge in [0.05, 0.1) is 12.0 Å². The Hall–Kier alpha value is -1.46. The summed E-state index contributed by atoms with van der Waals surface area (Å²) < 4.78 is 5.61. The molecule has 152 valence electrons. The third-order valence-electron chi connectivity index (χ3n) is 7.90. The number of nitrogens with zero attached hydrogens (tertiary/aromatic N) is 2. The molecule has 2 aliphatic carbocycles. The summed E-state index contributed by atoms with van der Waals surface area (Å²) in [6.07, 6.45) is 9.56. The number of pyridine rings is 1.